The van der Waals surface area contributed by atoms with Crippen LogP contribution in [0.3, 0.4) is 0 Å². The Labute approximate surface area is 107 Å². The molecule has 0 saturated carbocycles. The first-order valence-corrected chi connectivity index (χ1v) is 6.32. The van der Waals surface area contributed by atoms with Crippen molar-refractivity contribution in [1.82, 2.24) is 4.90 Å². The fraction of sp³-hybridized carbons (Fsp3) is 0.538. The van der Waals surface area contributed by atoms with Gasteiger partial charge < -0.3 is 9.84 Å². The number of aliphatic hydroxyl groups is 1. The molecular formula is C13H18ClNO2. The highest BCUT2D eigenvalue weighted by molar-refractivity contribution is 6.31. The van der Waals surface area contributed by atoms with Gasteiger partial charge in [0.1, 0.15) is 5.75 Å². The molecule has 17 heavy (non-hydrogen) atoms. The van der Waals surface area contributed by atoms with Crippen molar-refractivity contribution in [3.05, 3.63) is 28.8 Å². The molecule has 1 heterocycles. The molecule has 1 aromatic rings. The summed E-state index contributed by atoms with van der Waals surface area (Å²) in [5.41, 5.74) is 0.983. The topological polar surface area (TPSA) is 32.7 Å². The Kier molecular flexibility index (Phi) is 4.26. The lowest BCUT2D eigenvalue weighted by Crippen LogP contribution is -2.28. The lowest BCUT2D eigenvalue weighted by molar-refractivity contribution is 0.147. The number of benzene rings is 1. The first-order chi connectivity index (χ1) is 8.26. The zero-order valence-corrected chi connectivity index (χ0v) is 10.8. The van der Waals surface area contributed by atoms with E-state index in [2.05, 4.69) is 4.90 Å². The van der Waals surface area contributed by atoms with E-state index in [0.717, 1.165) is 24.4 Å². The van der Waals surface area contributed by atoms with Gasteiger partial charge in [0.15, 0.2) is 0 Å². The monoisotopic (exact) mass is 255 g/mol. The van der Waals surface area contributed by atoms with Gasteiger partial charge in [-0.1, -0.05) is 17.7 Å². The van der Waals surface area contributed by atoms with Crippen LogP contribution >= 0.6 is 11.6 Å². The van der Waals surface area contributed by atoms with Gasteiger partial charge in [0.2, 0.25) is 0 Å². The fourth-order valence-corrected chi connectivity index (χ4v) is 2.67. The van der Waals surface area contributed by atoms with Gasteiger partial charge in [-0.15, -0.1) is 0 Å². The van der Waals surface area contributed by atoms with E-state index >= 15 is 0 Å². The van der Waals surface area contributed by atoms with Crippen molar-refractivity contribution in [3.63, 3.8) is 0 Å². The van der Waals surface area contributed by atoms with Crippen LogP contribution in [0, 0.1) is 0 Å². The molecule has 1 unspecified atom stereocenters. The number of ether oxygens (including phenoxy) is 1. The predicted octanol–water partition coefficient (Wildman–Crippen LogP) is 2.48. The zero-order chi connectivity index (χ0) is 12.3. The van der Waals surface area contributed by atoms with Crippen LogP contribution in [-0.2, 0) is 0 Å². The first kappa shape index (κ1) is 12.7. The molecule has 0 radical (unpaired) electrons. The lowest BCUT2D eigenvalue weighted by Gasteiger charge is -2.26. The van der Waals surface area contributed by atoms with Crippen LogP contribution in [-0.4, -0.2) is 36.8 Å². The van der Waals surface area contributed by atoms with Gasteiger partial charge in [0.25, 0.3) is 0 Å². The molecule has 1 atom stereocenters. The van der Waals surface area contributed by atoms with Crippen LogP contribution in [0.25, 0.3) is 0 Å². The molecular weight excluding hydrogens is 238 g/mol. The number of aliphatic hydroxyl groups excluding tert-OH is 1. The normalized spacial score (nSPS) is 18.3. The van der Waals surface area contributed by atoms with Crippen LogP contribution < -0.4 is 4.74 Å². The summed E-state index contributed by atoms with van der Waals surface area (Å²) in [6.07, 6.45) is 2.40. The summed E-state index contributed by atoms with van der Waals surface area (Å²) in [4.78, 5) is 2.29. The standard InChI is InChI=1S/C13H18ClNO2/c1-17-10-4-5-11(12(14)8-10)13(9-16)15-6-2-3-7-15/h4-5,8,13,16H,2-3,6-7,9H2,1H3. The van der Waals surface area contributed by atoms with Crippen LogP contribution in [0.15, 0.2) is 18.2 Å². The third-order valence-electron chi connectivity index (χ3n) is 3.32. The number of hydrogen-bond acceptors (Lipinski definition) is 3. The Morgan fingerprint density at radius 2 is 2.12 bits per heavy atom. The second kappa shape index (κ2) is 5.71. The number of hydrogen-bond donors (Lipinski definition) is 1. The number of nitrogens with zero attached hydrogens (tertiary/aromatic N) is 1. The molecule has 0 aromatic heterocycles. The Bertz CT molecular complexity index is 378. The minimum Gasteiger partial charge on any atom is -0.497 e. The second-order valence-corrected chi connectivity index (χ2v) is 4.74. The van der Waals surface area contributed by atoms with Gasteiger partial charge >= 0.3 is 0 Å². The Balaban J connectivity index is 2.23. The molecule has 0 aliphatic carbocycles. The number of rotatable bonds is 4. The number of halogens is 1. The molecule has 1 N–H and O–H groups in total. The third-order valence-corrected chi connectivity index (χ3v) is 3.65. The second-order valence-electron chi connectivity index (χ2n) is 4.33. The van der Waals surface area contributed by atoms with Crippen molar-refractivity contribution in [2.24, 2.45) is 0 Å². The zero-order valence-electron chi connectivity index (χ0n) is 10.0. The van der Waals surface area contributed by atoms with Crippen LogP contribution in [0.4, 0.5) is 0 Å². The highest BCUT2D eigenvalue weighted by Gasteiger charge is 2.24. The largest absolute Gasteiger partial charge is 0.497 e. The van der Waals surface area contributed by atoms with Crippen molar-refractivity contribution in [2.45, 2.75) is 18.9 Å². The Morgan fingerprint density at radius 3 is 2.65 bits per heavy atom. The fourth-order valence-electron chi connectivity index (χ4n) is 2.37. The molecule has 94 valence electrons. The molecule has 1 aliphatic rings. The van der Waals surface area contributed by atoms with E-state index in [4.69, 9.17) is 16.3 Å². The Hall–Kier alpha value is -0.770. The van der Waals surface area contributed by atoms with E-state index in [9.17, 15) is 5.11 Å². The van der Waals surface area contributed by atoms with E-state index in [-0.39, 0.29) is 12.6 Å². The van der Waals surface area contributed by atoms with Gasteiger partial charge in [-0.05, 0) is 43.6 Å². The summed E-state index contributed by atoms with van der Waals surface area (Å²) in [6, 6.07) is 5.64. The molecule has 0 bridgehead atoms. The molecule has 4 heteroatoms. The van der Waals surface area contributed by atoms with Crippen molar-refractivity contribution in [2.75, 3.05) is 26.8 Å². The molecule has 1 fully saturated rings. The van der Waals surface area contributed by atoms with E-state index in [1.54, 1.807) is 13.2 Å². The summed E-state index contributed by atoms with van der Waals surface area (Å²) in [5, 5.41) is 10.2. The van der Waals surface area contributed by atoms with Crippen LogP contribution in [0.1, 0.15) is 24.4 Å². The molecule has 1 saturated heterocycles. The summed E-state index contributed by atoms with van der Waals surface area (Å²) < 4.78 is 5.13. The molecule has 1 aromatic carbocycles. The van der Waals surface area contributed by atoms with E-state index in [1.807, 2.05) is 12.1 Å². The highest BCUT2D eigenvalue weighted by atomic mass is 35.5. The van der Waals surface area contributed by atoms with Gasteiger partial charge in [-0.2, -0.15) is 0 Å². The van der Waals surface area contributed by atoms with Crippen molar-refractivity contribution in [3.8, 4) is 5.75 Å². The average molecular weight is 256 g/mol. The van der Waals surface area contributed by atoms with Gasteiger partial charge in [0.05, 0.1) is 19.8 Å². The minimum absolute atomic E-state index is 0.0101. The highest BCUT2D eigenvalue weighted by Crippen LogP contribution is 2.32. The lowest BCUT2D eigenvalue weighted by atomic mass is 10.1. The van der Waals surface area contributed by atoms with E-state index < -0.39 is 0 Å². The van der Waals surface area contributed by atoms with Crippen molar-refractivity contribution in [1.29, 1.82) is 0 Å². The molecule has 0 spiro atoms. The summed E-state index contributed by atoms with van der Waals surface area (Å²) in [6.45, 7) is 2.17. The van der Waals surface area contributed by atoms with Gasteiger partial charge in [-0.25, -0.2) is 0 Å². The maximum atomic E-state index is 9.56. The quantitative estimate of drug-likeness (QED) is 0.897. The first-order valence-electron chi connectivity index (χ1n) is 5.94. The average Bonchev–Trinajstić information content (AvgIpc) is 2.85. The van der Waals surface area contributed by atoms with Gasteiger partial charge in [-0.3, -0.25) is 4.90 Å². The summed E-state index contributed by atoms with van der Waals surface area (Å²) in [7, 11) is 1.62. The van der Waals surface area contributed by atoms with Crippen LogP contribution in [0.5, 0.6) is 5.75 Å². The summed E-state index contributed by atoms with van der Waals surface area (Å²) in [5.74, 6) is 0.747. The molecule has 1 aliphatic heterocycles. The number of likely N-dealkylation sites (tertiary alicyclic amines) is 1. The molecule has 3 nitrogen and oxygen atoms in total. The number of methoxy groups -OCH3 is 1. The Morgan fingerprint density at radius 1 is 1.41 bits per heavy atom. The maximum absolute atomic E-state index is 9.56. The third kappa shape index (κ3) is 2.73. The van der Waals surface area contributed by atoms with Crippen molar-refractivity contribution >= 4 is 11.6 Å². The van der Waals surface area contributed by atoms with Crippen molar-refractivity contribution < 1.29 is 9.84 Å². The predicted molar refractivity (Wildman–Crippen MR) is 68.6 cm³/mol. The summed E-state index contributed by atoms with van der Waals surface area (Å²) >= 11 is 6.24. The molecule has 2 rings (SSSR count). The SMILES string of the molecule is COc1ccc(C(CO)N2CCCC2)c(Cl)c1. The molecule has 0 amide bonds. The van der Waals surface area contributed by atoms with Gasteiger partial charge in [0, 0.05) is 5.02 Å². The maximum Gasteiger partial charge on any atom is 0.120 e. The smallest absolute Gasteiger partial charge is 0.120 e. The van der Waals surface area contributed by atoms with Crippen LogP contribution in [0.2, 0.25) is 5.02 Å². The van der Waals surface area contributed by atoms with E-state index in [0.29, 0.717) is 5.02 Å². The van der Waals surface area contributed by atoms with E-state index in [1.165, 1.54) is 12.8 Å². The minimum atomic E-state index is 0.0101.